The van der Waals surface area contributed by atoms with Gasteiger partial charge in [-0.2, -0.15) is 11.8 Å². The third-order valence-electron chi connectivity index (χ3n) is 4.99. The number of phenols is 1. The first-order chi connectivity index (χ1) is 15.9. The Hall–Kier alpha value is -2.79. The van der Waals surface area contributed by atoms with Gasteiger partial charge in [-0.15, -0.1) is 0 Å². The number of aliphatic carboxylic acids is 1. The number of thioether (sulfide) groups is 1. The maximum atomic E-state index is 13.1. The fourth-order valence-corrected chi connectivity index (χ4v) is 3.59. The van der Waals surface area contributed by atoms with E-state index in [1.54, 1.807) is 12.1 Å². The number of hydrogen-bond donors (Lipinski definition) is 6. The number of hydrogen-bond acceptors (Lipinski definition) is 7. The molecule has 0 saturated carbocycles. The van der Waals surface area contributed by atoms with E-state index >= 15 is 0 Å². The van der Waals surface area contributed by atoms with Crippen LogP contribution in [-0.2, 0) is 25.6 Å². The number of carboxylic acid groups (broad SMARTS) is 1. The molecule has 0 heterocycles. The van der Waals surface area contributed by atoms with Crippen LogP contribution in [-0.4, -0.2) is 70.1 Å². The third kappa shape index (κ3) is 10.4. The van der Waals surface area contributed by atoms with Crippen molar-refractivity contribution in [2.24, 2.45) is 11.7 Å². The molecule has 0 bridgehead atoms. The number of carbonyl (C=O) groups excluding carboxylic acids is 3. The van der Waals surface area contributed by atoms with Gasteiger partial charge in [-0.1, -0.05) is 26.0 Å². The predicted molar refractivity (Wildman–Crippen MR) is 131 cm³/mol. The smallest absolute Gasteiger partial charge is 0.326 e. The lowest BCUT2D eigenvalue weighted by Crippen LogP contribution is -2.57. The number of carboxylic acids is 1. The molecule has 10 nitrogen and oxygen atoms in total. The van der Waals surface area contributed by atoms with Crippen LogP contribution in [0.15, 0.2) is 24.3 Å². The Morgan fingerprint density at radius 3 is 1.94 bits per heavy atom. The van der Waals surface area contributed by atoms with E-state index in [0.29, 0.717) is 17.7 Å². The van der Waals surface area contributed by atoms with E-state index in [2.05, 4.69) is 16.0 Å². The molecule has 0 aliphatic rings. The van der Waals surface area contributed by atoms with Gasteiger partial charge in [-0.25, -0.2) is 4.79 Å². The summed E-state index contributed by atoms with van der Waals surface area (Å²) in [6.45, 7) is 5.28. The lowest BCUT2D eigenvalue weighted by molar-refractivity contribution is -0.142. The van der Waals surface area contributed by atoms with Crippen molar-refractivity contribution in [3.63, 3.8) is 0 Å². The molecular formula is C23H36N4O6S. The Labute approximate surface area is 204 Å². The first kappa shape index (κ1) is 29.2. The summed E-state index contributed by atoms with van der Waals surface area (Å²) in [4.78, 5) is 49.8. The molecule has 7 N–H and O–H groups in total. The first-order valence-corrected chi connectivity index (χ1v) is 12.5. The lowest BCUT2D eigenvalue weighted by Gasteiger charge is -2.26. The number of aromatic hydroxyl groups is 1. The fraction of sp³-hybridized carbons (Fsp3) is 0.565. The van der Waals surface area contributed by atoms with Crippen LogP contribution in [0.1, 0.15) is 39.2 Å². The number of carbonyl (C=O) groups is 4. The highest BCUT2D eigenvalue weighted by Gasteiger charge is 2.30. The van der Waals surface area contributed by atoms with Crippen molar-refractivity contribution in [3.8, 4) is 5.75 Å². The van der Waals surface area contributed by atoms with Crippen LogP contribution >= 0.6 is 11.8 Å². The fourth-order valence-electron chi connectivity index (χ4n) is 3.12. The van der Waals surface area contributed by atoms with Crippen molar-refractivity contribution in [1.82, 2.24) is 16.0 Å². The van der Waals surface area contributed by atoms with Gasteiger partial charge in [0.15, 0.2) is 0 Å². The molecule has 0 spiro atoms. The summed E-state index contributed by atoms with van der Waals surface area (Å²) >= 11 is 1.46. The summed E-state index contributed by atoms with van der Waals surface area (Å²) in [5, 5.41) is 26.8. The van der Waals surface area contributed by atoms with Gasteiger partial charge in [0.2, 0.25) is 17.7 Å². The summed E-state index contributed by atoms with van der Waals surface area (Å²) in [6, 6.07) is 2.18. The lowest BCUT2D eigenvalue weighted by atomic mass is 10.0. The maximum Gasteiger partial charge on any atom is 0.326 e. The molecule has 0 fully saturated rings. The van der Waals surface area contributed by atoms with Gasteiger partial charge in [-0.3, -0.25) is 14.4 Å². The number of benzene rings is 1. The maximum absolute atomic E-state index is 13.1. The molecule has 34 heavy (non-hydrogen) atoms. The molecule has 1 rings (SSSR count). The Morgan fingerprint density at radius 1 is 0.912 bits per heavy atom. The molecule has 0 radical (unpaired) electrons. The van der Waals surface area contributed by atoms with Crippen LogP contribution in [0.2, 0.25) is 0 Å². The number of amides is 3. The van der Waals surface area contributed by atoms with Crippen LogP contribution in [0.5, 0.6) is 5.75 Å². The standard InChI is InChI=1S/C23H36N4O6S/c1-13(2)11-18(26-20(29)14(3)24)21(30)27-19(12-15-5-7-16(28)8-6-15)22(31)25-17(23(32)33)9-10-34-4/h5-8,13-14,17-19,28H,9-12,24H2,1-4H3,(H,25,31)(H,26,29)(H,27,30)(H,32,33). The molecule has 4 atom stereocenters. The second-order valence-electron chi connectivity index (χ2n) is 8.59. The zero-order valence-corrected chi connectivity index (χ0v) is 20.9. The quantitative estimate of drug-likeness (QED) is 0.218. The Morgan fingerprint density at radius 2 is 1.44 bits per heavy atom. The second-order valence-corrected chi connectivity index (χ2v) is 9.58. The zero-order valence-electron chi connectivity index (χ0n) is 20.0. The van der Waals surface area contributed by atoms with Crippen LogP contribution in [0.3, 0.4) is 0 Å². The van der Waals surface area contributed by atoms with E-state index in [4.69, 9.17) is 5.73 Å². The highest BCUT2D eigenvalue weighted by atomic mass is 32.2. The summed E-state index contributed by atoms with van der Waals surface area (Å²) in [5.74, 6) is -2.24. The van der Waals surface area contributed by atoms with Crippen molar-refractivity contribution < 1.29 is 29.4 Å². The van der Waals surface area contributed by atoms with E-state index < -0.39 is 47.9 Å². The van der Waals surface area contributed by atoms with Gasteiger partial charge in [0.05, 0.1) is 6.04 Å². The number of nitrogens with one attached hydrogen (secondary N) is 3. The molecule has 0 aliphatic heterocycles. The van der Waals surface area contributed by atoms with Gasteiger partial charge in [0.25, 0.3) is 0 Å². The highest BCUT2D eigenvalue weighted by molar-refractivity contribution is 7.98. The molecule has 190 valence electrons. The van der Waals surface area contributed by atoms with Crippen LogP contribution in [0, 0.1) is 5.92 Å². The van der Waals surface area contributed by atoms with E-state index in [9.17, 15) is 29.4 Å². The summed E-state index contributed by atoms with van der Waals surface area (Å²) in [5.41, 5.74) is 6.26. The van der Waals surface area contributed by atoms with E-state index in [1.165, 1.54) is 30.8 Å². The van der Waals surface area contributed by atoms with Crippen molar-refractivity contribution >= 4 is 35.5 Å². The molecule has 0 saturated heterocycles. The third-order valence-corrected chi connectivity index (χ3v) is 5.63. The Bertz CT molecular complexity index is 831. The van der Waals surface area contributed by atoms with Gasteiger partial charge in [-0.05, 0) is 55.4 Å². The molecule has 3 amide bonds. The normalized spacial score (nSPS) is 14.5. The Balaban J connectivity index is 3.12. The molecule has 1 aromatic rings. The van der Waals surface area contributed by atoms with Crippen LogP contribution in [0.4, 0.5) is 0 Å². The van der Waals surface area contributed by atoms with Gasteiger partial charge >= 0.3 is 5.97 Å². The molecule has 4 unspecified atom stereocenters. The van der Waals surface area contributed by atoms with Crippen molar-refractivity contribution in [3.05, 3.63) is 29.8 Å². The number of nitrogens with two attached hydrogens (primary N) is 1. The molecule has 0 aliphatic carbocycles. The topological polar surface area (TPSA) is 171 Å². The minimum atomic E-state index is -1.17. The first-order valence-electron chi connectivity index (χ1n) is 11.1. The largest absolute Gasteiger partial charge is 0.508 e. The number of phenolic OH excluding ortho intramolecular Hbond substituents is 1. The monoisotopic (exact) mass is 496 g/mol. The summed E-state index contributed by atoms with van der Waals surface area (Å²) in [6.07, 6.45) is 2.44. The second kappa shape index (κ2) is 14.5. The Kier molecular flexibility index (Phi) is 12.4. The zero-order chi connectivity index (χ0) is 25.8. The summed E-state index contributed by atoms with van der Waals surface area (Å²) in [7, 11) is 0. The van der Waals surface area contributed by atoms with Crippen LogP contribution in [0.25, 0.3) is 0 Å². The molecule has 1 aromatic carbocycles. The van der Waals surface area contributed by atoms with Gasteiger partial charge in [0.1, 0.15) is 23.9 Å². The minimum Gasteiger partial charge on any atom is -0.508 e. The van der Waals surface area contributed by atoms with E-state index in [1.807, 2.05) is 20.1 Å². The van der Waals surface area contributed by atoms with Crippen LogP contribution < -0.4 is 21.7 Å². The average Bonchev–Trinajstić information content (AvgIpc) is 2.76. The molecule has 0 aromatic heterocycles. The molecule has 11 heteroatoms. The van der Waals surface area contributed by atoms with E-state index in [0.717, 1.165) is 0 Å². The van der Waals surface area contributed by atoms with Crippen molar-refractivity contribution in [2.75, 3.05) is 12.0 Å². The SMILES string of the molecule is CSCCC(NC(=O)C(Cc1ccc(O)cc1)NC(=O)C(CC(C)C)NC(=O)C(C)N)C(=O)O. The number of rotatable bonds is 14. The average molecular weight is 497 g/mol. The predicted octanol–water partition coefficient (Wildman–Crippen LogP) is 0.620. The summed E-state index contributed by atoms with van der Waals surface area (Å²) < 4.78 is 0. The van der Waals surface area contributed by atoms with Crippen molar-refractivity contribution in [2.45, 2.75) is 64.2 Å². The highest BCUT2D eigenvalue weighted by Crippen LogP contribution is 2.13. The molecular weight excluding hydrogens is 460 g/mol. The van der Waals surface area contributed by atoms with Crippen molar-refractivity contribution in [1.29, 1.82) is 0 Å². The van der Waals surface area contributed by atoms with E-state index in [-0.39, 0.29) is 24.5 Å². The van der Waals surface area contributed by atoms with Gasteiger partial charge in [0, 0.05) is 6.42 Å². The minimum absolute atomic E-state index is 0.0485. The van der Waals surface area contributed by atoms with Gasteiger partial charge < -0.3 is 31.9 Å².